The Morgan fingerprint density at radius 1 is 1.15 bits per heavy atom. The van der Waals surface area contributed by atoms with Gasteiger partial charge in [-0.15, -0.1) is 0 Å². The lowest BCUT2D eigenvalue weighted by Crippen LogP contribution is -2.37. The maximum absolute atomic E-state index is 12.4. The van der Waals surface area contributed by atoms with E-state index in [1.54, 1.807) is 6.20 Å². The van der Waals surface area contributed by atoms with Crippen molar-refractivity contribution in [1.29, 1.82) is 0 Å². The fraction of sp³-hybridized carbons (Fsp3) is 0.368. The molecular weight excluding hydrogens is 344 g/mol. The lowest BCUT2D eigenvalue weighted by Gasteiger charge is -2.26. The lowest BCUT2D eigenvalue weighted by atomic mass is 10.1. The van der Waals surface area contributed by atoms with Gasteiger partial charge in [0.25, 0.3) is 5.56 Å². The van der Waals surface area contributed by atoms with E-state index in [1.807, 2.05) is 30.3 Å². The molecule has 0 bridgehead atoms. The summed E-state index contributed by atoms with van der Waals surface area (Å²) < 4.78 is 5.35. The van der Waals surface area contributed by atoms with Crippen LogP contribution in [0.4, 0.5) is 5.95 Å². The van der Waals surface area contributed by atoms with Crippen LogP contribution in [0, 0.1) is 0 Å². The molecule has 2 N–H and O–H groups in total. The number of morpholine rings is 1. The molecule has 1 aliphatic heterocycles. The normalized spacial score (nSPS) is 15.1. The Morgan fingerprint density at radius 2 is 1.96 bits per heavy atom. The van der Waals surface area contributed by atoms with Crippen LogP contribution in [0.1, 0.15) is 6.42 Å². The van der Waals surface area contributed by atoms with Gasteiger partial charge < -0.3 is 15.0 Å². The third kappa shape index (κ3) is 4.29. The van der Waals surface area contributed by atoms with E-state index in [2.05, 4.69) is 30.2 Å². The number of aromatic nitrogens is 4. The molecule has 1 saturated heterocycles. The first-order valence-electron chi connectivity index (χ1n) is 9.16. The van der Waals surface area contributed by atoms with Crippen LogP contribution in [0.5, 0.6) is 0 Å². The van der Waals surface area contributed by atoms with Crippen molar-refractivity contribution >= 4 is 17.1 Å². The number of hydrogen-bond acceptors (Lipinski definition) is 7. The predicted octanol–water partition coefficient (Wildman–Crippen LogP) is 1.51. The smallest absolute Gasteiger partial charge is 0.276 e. The third-order valence-electron chi connectivity index (χ3n) is 4.53. The number of aromatic amines is 1. The van der Waals surface area contributed by atoms with Crippen LogP contribution >= 0.6 is 0 Å². The van der Waals surface area contributed by atoms with Crippen molar-refractivity contribution in [1.82, 2.24) is 24.8 Å². The molecule has 1 aromatic carbocycles. The summed E-state index contributed by atoms with van der Waals surface area (Å²) in [6.07, 6.45) is 2.62. The molecule has 8 nitrogen and oxygen atoms in total. The van der Waals surface area contributed by atoms with Crippen LogP contribution in [0.2, 0.25) is 0 Å². The van der Waals surface area contributed by atoms with Gasteiger partial charge in [-0.1, -0.05) is 30.3 Å². The minimum Gasteiger partial charge on any atom is -0.379 e. The van der Waals surface area contributed by atoms with Crippen molar-refractivity contribution in [2.24, 2.45) is 0 Å². The van der Waals surface area contributed by atoms with E-state index in [0.29, 0.717) is 22.8 Å². The highest BCUT2D eigenvalue weighted by atomic mass is 16.5. The molecule has 0 saturated carbocycles. The number of nitrogens with one attached hydrogen (secondary N) is 2. The average molecular weight is 366 g/mol. The van der Waals surface area contributed by atoms with Crippen LogP contribution in [-0.2, 0) is 4.74 Å². The van der Waals surface area contributed by atoms with Crippen molar-refractivity contribution in [3.05, 3.63) is 46.9 Å². The molecule has 0 aliphatic carbocycles. The third-order valence-corrected chi connectivity index (χ3v) is 4.53. The van der Waals surface area contributed by atoms with Crippen LogP contribution in [-0.4, -0.2) is 64.2 Å². The number of rotatable bonds is 6. The number of hydrogen-bond donors (Lipinski definition) is 2. The van der Waals surface area contributed by atoms with E-state index < -0.39 is 0 Å². The second-order valence-electron chi connectivity index (χ2n) is 6.44. The van der Waals surface area contributed by atoms with Crippen LogP contribution in [0.15, 0.2) is 41.3 Å². The van der Waals surface area contributed by atoms with Gasteiger partial charge in [0.2, 0.25) is 5.95 Å². The van der Waals surface area contributed by atoms with Crippen LogP contribution in [0.3, 0.4) is 0 Å². The highest BCUT2D eigenvalue weighted by Gasteiger charge is 2.11. The summed E-state index contributed by atoms with van der Waals surface area (Å²) in [7, 11) is 0. The van der Waals surface area contributed by atoms with Gasteiger partial charge in [0, 0.05) is 25.2 Å². The Bertz CT molecular complexity index is 953. The Kier molecular flexibility index (Phi) is 5.36. The Hall–Kier alpha value is -2.84. The van der Waals surface area contributed by atoms with E-state index in [-0.39, 0.29) is 5.56 Å². The second kappa shape index (κ2) is 8.24. The van der Waals surface area contributed by atoms with Gasteiger partial charge >= 0.3 is 0 Å². The van der Waals surface area contributed by atoms with E-state index in [1.165, 1.54) is 0 Å². The highest BCUT2D eigenvalue weighted by molar-refractivity contribution is 5.73. The molecule has 140 valence electrons. The molecule has 0 atom stereocenters. The maximum Gasteiger partial charge on any atom is 0.276 e. The van der Waals surface area contributed by atoms with Gasteiger partial charge in [-0.3, -0.25) is 9.69 Å². The van der Waals surface area contributed by atoms with E-state index >= 15 is 0 Å². The summed E-state index contributed by atoms with van der Waals surface area (Å²) in [5, 5.41) is 3.21. The quantitative estimate of drug-likeness (QED) is 0.639. The molecule has 0 unspecified atom stereocenters. The predicted molar refractivity (Wildman–Crippen MR) is 104 cm³/mol. The lowest BCUT2D eigenvalue weighted by molar-refractivity contribution is 0.0378. The topological polar surface area (TPSA) is 96.0 Å². The standard InChI is InChI=1S/C19H22N6O2/c26-18-16(14-5-2-1-3-6-14)22-15-13-21-19(24-17(15)23-18)20-7-4-8-25-9-11-27-12-10-25/h1-3,5-6,13H,4,7-12H2,(H2,20,21,23,24,26). The zero-order chi connectivity index (χ0) is 18.5. The van der Waals surface area contributed by atoms with E-state index in [0.717, 1.165) is 51.4 Å². The Morgan fingerprint density at radius 3 is 2.78 bits per heavy atom. The molecule has 27 heavy (non-hydrogen) atoms. The number of ether oxygens (including phenoxy) is 1. The monoisotopic (exact) mass is 366 g/mol. The summed E-state index contributed by atoms with van der Waals surface area (Å²) in [4.78, 5) is 30.7. The summed E-state index contributed by atoms with van der Waals surface area (Å²) in [6, 6.07) is 9.37. The van der Waals surface area contributed by atoms with E-state index in [9.17, 15) is 4.79 Å². The van der Waals surface area contributed by atoms with Crippen molar-refractivity contribution in [2.75, 3.05) is 44.7 Å². The average Bonchev–Trinajstić information content (AvgIpc) is 2.72. The minimum absolute atomic E-state index is 0.259. The first-order valence-corrected chi connectivity index (χ1v) is 9.16. The number of fused-ring (bicyclic) bond motifs is 1. The van der Waals surface area contributed by atoms with Gasteiger partial charge in [-0.25, -0.2) is 9.97 Å². The Balaban J connectivity index is 1.42. The summed E-state index contributed by atoms with van der Waals surface area (Å²) >= 11 is 0. The van der Waals surface area contributed by atoms with Crippen molar-refractivity contribution < 1.29 is 4.74 Å². The molecule has 3 heterocycles. The zero-order valence-electron chi connectivity index (χ0n) is 15.0. The molecule has 0 spiro atoms. The fourth-order valence-electron chi connectivity index (χ4n) is 3.09. The van der Waals surface area contributed by atoms with Gasteiger partial charge in [0.1, 0.15) is 11.2 Å². The molecular formula is C19H22N6O2. The molecule has 1 fully saturated rings. The molecule has 3 aromatic rings. The van der Waals surface area contributed by atoms with Crippen LogP contribution in [0.25, 0.3) is 22.4 Å². The largest absolute Gasteiger partial charge is 0.379 e. The van der Waals surface area contributed by atoms with Crippen molar-refractivity contribution in [3.63, 3.8) is 0 Å². The first kappa shape index (κ1) is 17.6. The number of nitrogens with zero attached hydrogens (tertiary/aromatic N) is 4. The summed E-state index contributed by atoms with van der Waals surface area (Å²) in [6.45, 7) is 5.39. The molecule has 8 heteroatoms. The number of benzene rings is 1. The van der Waals surface area contributed by atoms with Crippen molar-refractivity contribution in [2.45, 2.75) is 6.42 Å². The second-order valence-corrected chi connectivity index (χ2v) is 6.44. The van der Waals surface area contributed by atoms with Gasteiger partial charge in [0.05, 0.1) is 19.4 Å². The maximum atomic E-state index is 12.4. The fourth-order valence-corrected chi connectivity index (χ4v) is 3.09. The molecule has 2 aromatic heterocycles. The van der Waals surface area contributed by atoms with Gasteiger partial charge in [-0.2, -0.15) is 4.98 Å². The number of anilines is 1. The molecule has 0 radical (unpaired) electrons. The van der Waals surface area contributed by atoms with E-state index in [4.69, 9.17) is 4.74 Å². The SMILES string of the molecule is O=c1[nH]c2nc(NCCCN3CCOCC3)ncc2nc1-c1ccccc1. The van der Waals surface area contributed by atoms with Crippen LogP contribution < -0.4 is 10.9 Å². The number of H-pyrrole nitrogens is 1. The zero-order valence-corrected chi connectivity index (χ0v) is 15.0. The summed E-state index contributed by atoms with van der Waals surface area (Å²) in [5.41, 5.74) is 1.88. The summed E-state index contributed by atoms with van der Waals surface area (Å²) in [5.74, 6) is 0.495. The molecule has 1 aliphatic rings. The van der Waals surface area contributed by atoms with Gasteiger partial charge in [0.15, 0.2) is 5.65 Å². The minimum atomic E-state index is -0.259. The van der Waals surface area contributed by atoms with Gasteiger partial charge in [-0.05, 0) is 13.0 Å². The Labute approximate surface area is 156 Å². The molecule has 4 rings (SSSR count). The molecule has 0 amide bonds. The highest BCUT2D eigenvalue weighted by Crippen LogP contribution is 2.15. The van der Waals surface area contributed by atoms with Crippen molar-refractivity contribution in [3.8, 4) is 11.3 Å². The first-order chi connectivity index (χ1) is 13.3.